The Morgan fingerprint density at radius 3 is 3.00 bits per heavy atom. The third-order valence-electron chi connectivity index (χ3n) is 1.32. The first-order valence-electron chi connectivity index (χ1n) is 3.52. The van der Waals surface area contributed by atoms with E-state index in [1.165, 1.54) is 17.6 Å². The molecule has 0 fully saturated rings. The van der Waals surface area contributed by atoms with Crippen LogP contribution < -0.4 is 0 Å². The standard InChI is InChI=1S/C7H9N3OS2/c1-6-10-7(3-12-6)4-13(2,11)9-5-8/h3H,4H2,1-2H3. The van der Waals surface area contributed by atoms with Gasteiger partial charge in [0.25, 0.3) is 0 Å². The fraction of sp³-hybridized carbons (Fsp3) is 0.429. The van der Waals surface area contributed by atoms with Crippen LogP contribution in [0.4, 0.5) is 0 Å². The van der Waals surface area contributed by atoms with Gasteiger partial charge in [0.1, 0.15) is 0 Å². The van der Waals surface area contributed by atoms with Crippen molar-refractivity contribution in [1.29, 1.82) is 5.26 Å². The summed E-state index contributed by atoms with van der Waals surface area (Å²) in [7, 11) is -2.41. The lowest BCUT2D eigenvalue weighted by Gasteiger charge is -1.96. The molecule has 6 heteroatoms. The van der Waals surface area contributed by atoms with Crippen LogP contribution in [0.25, 0.3) is 0 Å². The zero-order valence-corrected chi connectivity index (χ0v) is 8.98. The molecule has 0 saturated carbocycles. The Labute approximate surface area is 81.4 Å². The summed E-state index contributed by atoms with van der Waals surface area (Å²) in [6.07, 6.45) is 3.02. The highest BCUT2D eigenvalue weighted by molar-refractivity contribution is 7.92. The molecule has 13 heavy (non-hydrogen) atoms. The molecule has 0 radical (unpaired) electrons. The van der Waals surface area contributed by atoms with Gasteiger partial charge in [0.15, 0.2) is 0 Å². The lowest BCUT2D eigenvalue weighted by Crippen LogP contribution is -2.00. The van der Waals surface area contributed by atoms with Gasteiger partial charge < -0.3 is 0 Å². The summed E-state index contributed by atoms with van der Waals surface area (Å²) in [5.41, 5.74) is 0.744. The Bertz CT molecular complexity index is 449. The SMILES string of the molecule is Cc1nc(CS(C)(=O)=NC#N)cs1. The third-order valence-corrected chi connectivity index (χ3v) is 3.44. The van der Waals surface area contributed by atoms with Crippen LogP contribution in [0.2, 0.25) is 0 Å². The Kier molecular flexibility index (Phi) is 3.01. The molecule has 1 rings (SSSR count). The van der Waals surface area contributed by atoms with E-state index < -0.39 is 9.73 Å². The summed E-state index contributed by atoms with van der Waals surface area (Å²) in [6.45, 7) is 1.88. The molecule has 0 amide bonds. The second kappa shape index (κ2) is 3.85. The number of nitrogens with zero attached hydrogens (tertiary/aromatic N) is 3. The molecular formula is C7H9N3OS2. The van der Waals surface area contributed by atoms with Crippen LogP contribution in [0.5, 0.6) is 0 Å². The molecule has 1 unspecified atom stereocenters. The number of aryl methyl sites for hydroxylation is 1. The molecule has 70 valence electrons. The molecule has 0 N–H and O–H groups in total. The van der Waals surface area contributed by atoms with E-state index in [0.29, 0.717) is 0 Å². The van der Waals surface area contributed by atoms with E-state index in [-0.39, 0.29) is 5.75 Å². The van der Waals surface area contributed by atoms with E-state index in [0.717, 1.165) is 10.7 Å². The third kappa shape index (κ3) is 3.13. The molecule has 0 bridgehead atoms. The summed E-state index contributed by atoms with van der Waals surface area (Å²) >= 11 is 1.50. The first-order valence-corrected chi connectivity index (χ1v) is 6.49. The van der Waals surface area contributed by atoms with Gasteiger partial charge in [0, 0.05) is 11.6 Å². The minimum absolute atomic E-state index is 0.255. The molecular weight excluding hydrogens is 206 g/mol. The zero-order chi connectivity index (χ0) is 9.90. The average Bonchev–Trinajstić information content (AvgIpc) is 2.34. The highest BCUT2D eigenvalue weighted by Gasteiger charge is 2.06. The molecule has 4 nitrogen and oxygen atoms in total. The van der Waals surface area contributed by atoms with Gasteiger partial charge in [-0.15, -0.1) is 15.7 Å². The topological polar surface area (TPSA) is 66.1 Å². The smallest absolute Gasteiger partial charge is 0.214 e. The first-order chi connectivity index (χ1) is 6.03. The number of hydrogen-bond acceptors (Lipinski definition) is 5. The van der Waals surface area contributed by atoms with E-state index in [2.05, 4.69) is 9.35 Å². The van der Waals surface area contributed by atoms with Crippen LogP contribution in [0, 0.1) is 18.4 Å². The van der Waals surface area contributed by atoms with E-state index in [1.807, 2.05) is 12.3 Å². The van der Waals surface area contributed by atoms with Gasteiger partial charge in [0.05, 0.1) is 26.2 Å². The van der Waals surface area contributed by atoms with E-state index in [9.17, 15) is 4.21 Å². The number of rotatable bonds is 2. The van der Waals surface area contributed by atoms with Crippen LogP contribution in [0.15, 0.2) is 9.74 Å². The monoisotopic (exact) mass is 215 g/mol. The number of hydrogen-bond donors (Lipinski definition) is 0. The van der Waals surface area contributed by atoms with Crippen molar-refractivity contribution in [3.8, 4) is 6.19 Å². The van der Waals surface area contributed by atoms with Crippen molar-refractivity contribution in [3.05, 3.63) is 16.1 Å². The number of nitriles is 1. The second-order valence-electron chi connectivity index (χ2n) is 2.65. The summed E-state index contributed by atoms with van der Waals surface area (Å²) < 4.78 is 14.9. The molecule has 0 aliphatic carbocycles. The van der Waals surface area contributed by atoms with Crippen molar-refractivity contribution in [2.24, 2.45) is 4.36 Å². The van der Waals surface area contributed by atoms with Crippen LogP contribution in [0.1, 0.15) is 10.7 Å². The Morgan fingerprint density at radius 2 is 2.54 bits per heavy atom. The average molecular weight is 215 g/mol. The van der Waals surface area contributed by atoms with Crippen molar-refractivity contribution in [2.45, 2.75) is 12.7 Å². The quantitative estimate of drug-likeness (QED) is 0.703. The predicted octanol–water partition coefficient (Wildman–Crippen LogP) is 1.53. The maximum absolute atomic E-state index is 11.5. The Balaban J connectivity index is 2.89. The van der Waals surface area contributed by atoms with Crippen molar-refractivity contribution in [1.82, 2.24) is 4.98 Å². The van der Waals surface area contributed by atoms with Crippen LogP contribution >= 0.6 is 11.3 Å². The zero-order valence-electron chi connectivity index (χ0n) is 7.35. The van der Waals surface area contributed by atoms with Gasteiger partial charge in [0.2, 0.25) is 6.19 Å². The molecule has 1 atom stereocenters. The van der Waals surface area contributed by atoms with E-state index >= 15 is 0 Å². The van der Waals surface area contributed by atoms with Crippen LogP contribution in [-0.4, -0.2) is 15.4 Å². The van der Waals surface area contributed by atoms with E-state index in [1.54, 1.807) is 6.19 Å². The number of aromatic nitrogens is 1. The largest absolute Gasteiger partial charge is 0.249 e. The minimum atomic E-state index is -2.41. The summed E-state index contributed by atoms with van der Waals surface area (Å²) in [4.78, 5) is 4.15. The maximum Gasteiger partial charge on any atom is 0.214 e. The molecule has 1 aromatic heterocycles. The van der Waals surface area contributed by atoms with E-state index in [4.69, 9.17) is 5.26 Å². The fourth-order valence-corrected chi connectivity index (χ4v) is 2.52. The predicted molar refractivity (Wildman–Crippen MR) is 52.7 cm³/mol. The molecule has 1 aromatic rings. The van der Waals surface area contributed by atoms with Gasteiger partial charge in [-0.3, -0.25) is 0 Å². The van der Waals surface area contributed by atoms with Crippen molar-refractivity contribution >= 4 is 21.1 Å². The highest BCUT2D eigenvalue weighted by atomic mass is 32.2. The van der Waals surface area contributed by atoms with Crippen molar-refractivity contribution in [3.63, 3.8) is 0 Å². The summed E-state index contributed by atoms with van der Waals surface area (Å²) in [6, 6.07) is 0. The molecule has 0 aliphatic rings. The molecule has 0 spiro atoms. The maximum atomic E-state index is 11.5. The summed E-state index contributed by atoms with van der Waals surface area (Å²) in [5, 5.41) is 11.0. The summed E-state index contributed by atoms with van der Waals surface area (Å²) in [5.74, 6) is 0.255. The highest BCUT2D eigenvalue weighted by Crippen LogP contribution is 2.11. The van der Waals surface area contributed by atoms with Gasteiger partial charge in [-0.25, -0.2) is 9.19 Å². The fourth-order valence-electron chi connectivity index (χ4n) is 0.868. The Hall–Kier alpha value is -0.930. The lowest BCUT2D eigenvalue weighted by atomic mass is 10.6. The number of thiazole rings is 1. The molecule has 0 saturated heterocycles. The normalized spacial score (nSPS) is 14.5. The minimum Gasteiger partial charge on any atom is -0.249 e. The first kappa shape index (κ1) is 10.2. The molecule has 0 aromatic carbocycles. The molecule has 0 aliphatic heterocycles. The van der Waals surface area contributed by atoms with Gasteiger partial charge in [-0.2, -0.15) is 5.26 Å². The van der Waals surface area contributed by atoms with Gasteiger partial charge in [-0.1, -0.05) is 0 Å². The van der Waals surface area contributed by atoms with Crippen molar-refractivity contribution < 1.29 is 4.21 Å². The van der Waals surface area contributed by atoms with Crippen LogP contribution in [-0.2, 0) is 15.5 Å². The molecule has 1 heterocycles. The van der Waals surface area contributed by atoms with Gasteiger partial charge >= 0.3 is 0 Å². The van der Waals surface area contributed by atoms with Gasteiger partial charge in [-0.05, 0) is 6.92 Å². The Morgan fingerprint density at radius 1 is 1.85 bits per heavy atom. The van der Waals surface area contributed by atoms with Crippen molar-refractivity contribution in [2.75, 3.05) is 6.26 Å². The second-order valence-corrected chi connectivity index (χ2v) is 6.11. The van der Waals surface area contributed by atoms with Crippen LogP contribution in [0.3, 0.4) is 0 Å². The lowest BCUT2D eigenvalue weighted by molar-refractivity contribution is 0.680.